The molecule has 0 aliphatic heterocycles. The molecule has 2 unspecified atom stereocenters. The predicted octanol–water partition coefficient (Wildman–Crippen LogP) is 2.37. The Kier molecular flexibility index (Phi) is 6.38. The lowest BCUT2D eigenvalue weighted by Crippen LogP contribution is -2.47. The van der Waals surface area contributed by atoms with Gasteiger partial charge in [-0.3, -0.25) is 4.79 Å². The fourth-order valence-electron chi connectivity index (χ4n) is 2.85. The average Bonchev–Trinajstić information content (AvgIpc) is 2.99. The molecule has 128 valence electrons. The van der Waals surface area contributed by atoms with Crippen molar-refractivity contribution in [3.8, 4) is 0 Å². The maximum atomic E-state index is 12.3. The van der Waals surface area contributed by atoms with Crippen LogP contribution in [0.2, 0.25) is 0 Å². The van der Waals surface area contributed by atoms with E-state index in [1.165, 1.54) is 11.3 Å². The number of thiazole rings is 1. The summed E-state index contributed by atoms with van der Waals surface area (Å²) in [4.78, 5) is 30.3. The summed E-state index contributed by atoms with van der Waals surface area (Å²) in [6.07, 6.45) is 5.26. The Morgan fingerprint density at radius 1 is 1.43 bits per heavy atom. The summed E-state index contributed by atoms with van der Waals surface area (Å²) < 4.78 is 0. The highest BCUT2D eigenvalue weighted by molar-refractivity contribution is 7.09. The molecule has 6 nitrogen and oxygen atoms in total. The number of rotatable bonds is 5. The first kappa shape index (κ1) is 17.7. The third kappa shape index (κ3) is 5.49. The van der Waals surface area contributed by atoms with E-state index in [1.807, 2.05) is 19.2 Å². The van der Waals surface area contributed by atoms with E-state index < -0.39 is 0 Å². The second-order valence-electron chi connectivity index (χ2n) is 6.46. The summed E-state index contributed by atoms with van der Waals surface area (Å²) in [5.74, 6) is 0.107. The molecular weight excluding hydrogens is 312 g/mol. The summed E-state index contributed by atoms with van der Waals surface area (Å²) >= 11 is 1.54. The van der Waals surface area contributed by atoms with Crippen molar-refractivity contribution < 1.29 is 9.59 Å². The minimum atomic E-state index is -0.102. The van der Waals surface area contributed by atoms with Gasteiger partial charge < -0.3 is 15.5 Å². The zero-order chi connectivity index (χ0) is 16.8. The molecule has 2 rings (SSSR count). The number of urea groups is 1. The largest absolute Gasteiger partial charge is 0.354 e. The van der Waals surface area contributed by atoms with Gasteiger partial charge in [0, 0.05) is 36.6 Å². The fraction of sp³-hybridized carbons (Fsp3) is 0.688. The Labute approximate surface area is 141 Å². The summed E-state index contributed by atoms with van der Waals surface area (Å²) in [6, 6.07) is 0.120. The number of aromatic nitrogens is 1. The molecule has 1 aliphatic carbocycles. The Balaban J connectivity index is 1.82. The first-order valence-corrected chi connectivity index (χ1v) is 9.04. The molecule has 3 amide bonds. The number of nitrogens with one attached hydrogen (secondary N) is 2. The zero-order valence-corrected chi connectivity index (χ0v) is 14.9. The third-order valence-electron chi connectivity index (χ3n) is 4.01. The van der Waals surface area contributed by atoms with Gasteiger partial charge in [0.2, 0.25) is 5.91 Å². The highest BCUT2D eigenvalue weighted by atomic mass is 32.1. The number of hydrogen-bond acceptors (Lipinski definition) is 4. The van der Waals surface area contributed by atoms with E-state index in [9.17, 15) is 9.59 Å². The minimum Gasteiger partial charge on any atom is -0.354 e. The van der Waals surface area contributed by atoms with Gasteiger partial charge in [0.25, 0.3) is 0 Å². The Morgan fingerprint density at radius 2 is 2.22 bits per heavy atom. The molecule has 0 saturated heterocycles. The van der Waals surface area contributed by atoms with Crippen molar-refractivity contribution in [2.75, 3.05) is 7.05 Å². The van der Waals surface area contributed by atoms with E-state index in [1.54, 1.807) is 18.1 Å². The SMILES string of the molecule is CC(C)NC(=O)C1CCCC(NC(=O)N(C)Cc2nccs2)C1. The van der Waals surface area contributed by atoms with Crippen LogP contribution in [0.25, 0.3) is 0 Å². The van der Waals surface area contributed by atoms with E-state index in [4.69, 9.17) is 0 Å². The molecule has 0 bridgehead atoms. The van der Waals surface area contributed by atoms with Crippen LogP contribution >= 0.6 is 11.3 Å². The van der Waals surface area contributed by atoms with Crippen LogP contribution in [0.3, 0.4) is 0 Å². The van der Waals surface area contributed by atoms with Gasteiger partial charge >= 0.3 is 6.03 Å². The first-order chi connectivity index (χ1) is 11.0. The second kappa shape index (κ2) is 8.29. The highest BCUT2D eigenvalue weighted by Gasteiger charge is 2.28. The van der Waals surface area contributed by atoms with Crippen molar-refractivity contribution in [3.63, 3.8) is 0 Å². The predicted molar refractivity (Wildman–Crippen MR) is 91.1 cm³/mol. The van der Waals surface area contributed by atoms with E-state index in [0.29, 0.717) is 6.54 Å². The standard InChI is InChI=1S/C16H26N4O2S/c1-11(2)18-15(21)12-5-4-6-13(9-12)19-16(22)20(3)10-14-17-7-8-23-14/h7-8,11-13H,4-6,9-10H2,1-3H3,(H,18,21)(H,19,22). The molecule has 2 atom stereocenters. The highest BCUT2D eigenvalue weighted by Crippen LogP contribution is 2.25. The van der Waals surface area contributed by atoms with Crippen molar-refractivity contribution in [1.29, 1.82) is 0 Å². The van der Waals surface area contributed by atoms with Crippen LogP contribution in [0.1, 0.15) is 44.5 Å². The maximum Gasteiger partial charge on any atom is 0.317 e. The number of hydrogen-bond donors (Lipinski definition) is 2. The van der Waals surface area contributed by atoms with E-state index in [0.717, 1.165) is 30.7 Å². The van der Waals surface area contributed by atoms with Gasteiger partial charge in [-0.1, -0.05) is 6.42 Å². The molecular formula is C16H26N4O2S. The normalized spacial score (nSPS) is 21.0. The topological polar surface area (TPSA) is 74.3 Å². The Hall–Kier alpha value is -1.63. The van der Waals surface area contributed by atoms with E-state index in [2.05, 4.69) is 15.6 Å². The monoisotopic (exact) mass is 338 g/mol. The molecule has 1 aliphatic rings. The second-order valence-corrected chi connectivity index (χ2v) is 7.43. The molecule has 0 aromatic carbocycles. The van der Waals surface area contributed by atoms with Gasteiger partial charge in [-0.15, -0.1) is 11.3 Å². The van der Waals surface area contributed by atoms with Crippen LogP contribution in [0.15, 0.2) is 11.6 Å². The smallest absolute Gasteiger partial charge is 0.317 e. The summed E-state index contributed by atoms with van der Waals surface area (Å²) in [5, 5.41) is 8.84. The summed E-state index contributed by atoms with van der Waals surface area (Å²) in [5.41, 5.74) is 0. The Morgan fingerprint density at radius 3 is 2.87 bits per heavy atom. The quantitative estimate of drug-likeness (QED) is 0.865. The molecule has 23 heavy (non-hydrogen) atoms. The first-order valence-electron chi connectivity index (χ1n) is 8.16. The number of nitrogens with zero attached hydrogens (tertiary/aromatic N) is 2. The molecule has 0 radical (unpaired) electrons. The van der Waals surface area contributed by atoms with Crippen LogP contribution < -0.4 is 10.6 Å². The molecule has 0 spiro atoms. The van der Waals surface area contributed by atoms with Crippen molar-refractivity contribution >= 4 is 23.3 Å². The van der Waals surface area contributed by atoms with E-state index >= 15 is 0 Å². The number of carbonyl (C=O) groups excluding carboxylic acids is 2. The van der Waals surface area contributed by atoms with Crippen LogP contribution in [-0.4, -0.2) is 41.0 Å². The van der Waals surface area contributed by atoms with Crippen LogP contribution in [0, 0.1) is 5.92 Å². The van der Waals surface area contributed by atoms with Gasteiger partial charge in [0.1, 0.15) is 5.01 Å². The molecule has 1 heterocycles. The van der Waals surface area contributed by atoms with Gasteiger partial charge in [-0.25, -0.2) is 9.78 Å². The molecule has 1 fully saturated rings. The molecule has 1 aromatic heterocycles. The summed E-state index contributed by atoms with van der Waals surface area (Å²) in [6.45, 7) is 4.44. The fourth-order valence-corrected chi connectivity index (χ4v) is 3.52. The number of amides is 3. The lowest BCUT2D eigenvalue weighted by atomic mass is 9.85. The minimum absolute atomic E-state index is 0.000666. The van der Waals surface area contributed by atoms with Gasteiger partial charge in [0.15, 0.2) is 0 Å². The van der Waals surface area contributed by atoms with Crippen molar-refractivity contribution in [2.24, 2.45) is 5.92 Å². The third-order valence-corrected chi connectivity index (χ3v) is 4.77. The zero-order valence-electron chi connectivity index (χ0n) is 14.0. The molecule has 1 saturated carbocycles. The molecule has 1 aromatic rings. The van der Waals surface area contributed by atoms with E-state index in [-0.39, 0.29) is 29.9 Å². The van der Waals surface area contributed by atoms with Gasteiger partial charge in [-0.2, -0.15) is 0 Å². The van der Waals surface area contributed by atoms with Gasteiger partial charge in [-0.05, 0) is 33.1 Å². The van der Waals surface area contributed by atoms with Gasteiger partial charge in [0.05, 0.1) is 6.54 Å². The van der Waals surface area contributed by atoms with Crippen molar-refractivity contribution in [2.45, 2.75) is 58.2 Å². The lowest BCUT2D eigenvalue weighted by molar-refractivity contribution is -0.126. The number of carbonyl (C=O) groups is 2. The average molecular weight is 338 g/mol. The molecule has 7 heteroatoms. The Bertz CT molecular complexity index is 518. The molecule has 2 N–H and O–H groups in total. The van der Waals surface area contributed by atoms with Crippen LogP contribution in [-0.2, 0) is 11.3 Å². The van der Waals surface area contributed by atoms with Crippen molar-refractivity contribution in [1.82, 2.24) is 20.5 Å². The summed E-state index contributed by atoms with van der Waals surface area (Å²) in [7, 11) is 1.77. The van der Waals surface area contributed by atoms with Crippen LogP contribution in [0.5, 0.6) is 0 Å². The maximum absolute atomic E-state index is 12.3. The van der Waals surface area contributed by atoms with Crippen LogP contribution in [0.4, 0.5) is 4.79 Å². The lowest BCUT2D eigenvalue weighted by Gasteiger charge is -2.30. The van der Waals surface area contributed by atoms with Crippen molar-refractivity contribution in [3.05, 3.63) is 16.6 Å².